The van der Waals surface area contributed by atoms with E-state index >= 15 is 0 Å². The fraction of sp³-hybridized carbons (Fsp3) is 0.667. The van der Waals surface area contributed by atoms with Gasteiger partial charge in [-0.2, -0.15) is 10.1 Å². The highest BCUT2D eigenvalue weighted by atomic mass is 32.2. The molecule has 2 fully saturated rings. The molecule has 3 unspecified atom stereocenters. The molecular weight excluding hydrogens is 396 g/mol. The summed E-state index contributed by atoms with van der Waals surface area (Å²) in [6.45, 7) is 6.14. The molecule has 10 nitrogen and oxygen atoms in total. The number of nitrogens with zero attached hydrogens (tertiary/aromatic N) is 5. The second-order valence-corrected chi connectivity index (χ2v) is 10.2. The van der Waals surface area contributed by atoms with E-state index in [2.05, 4.69) is 20.0 Å². The van der Waals surface area contributed by atoms with E-state index in [-0.39, 0.29) is 23.6 Å². The van der Waals surface area contributed by atoms with Crippen LogP contribution in [0.3, 0.4) is 0 Å². The van der Waals surface area contributed by atoms with E-state index in [1.807, 2.05) is 6.92 Å². The summed E-state index contributed by atoms with van der Waals surface area (Å²) in [6, 6.07) is 1.56. The van der Waals surface area contributed by atoms with Gasteiger partial charge >= 0.3 is 0 Å². The van der Waals surface area contributed by atoms with Gasteiger partial charge in [0, 0.05) is 26.2 Å². The molecule has 2 aromatic heterocycles. The van der Waals surface area contributed by atoms with Crippen LogP contribution in [0.25, 0.3) is 0 Å². The smallest absolute Gasteiger partial charge is 0.272 e. The third-order valence-electron chi connectivity index (χ3n) is 6.06. The average Bonchev–Trinajstić information content (AvgIpc) is 3.37. The number of amides is 1. The molecule has 1 N–H and O–H groups in total. The second-order valence-electron chi connectivity index (χ2n) is 8.14. The van der Waals surface area contributed by atoms with Crippen molar-refractivity contribution in [1.29, 1.82) is 0 Å². The van der Waals surface area contributed by atoms with Crippen LogP contribution in [0, 0.1) is 19.8 Å². The van der Waals surface area contributed by atoms with Crippen LogP contribution in [0.1, 0.15) is 47.7 Å². The maximum absolute atomic E-state index is 13.1. The van der Waals surface area contributed by atoms with E-state index < -0.39 is 15.4 Å². The molecule has 2 aliphatic rings. The van der Waals surface area contributed by atoms with Gasteiger partial charge in [-0.3, -0.25) is 9.48 Å². The second kappa shape index (κ2) is 6.91. The molecule has 0 spiro atoms. The fourth-order valence-corrected chi connectivity index (χ4v) is 5.61. The van der Waals surface area contributed by atoms with Crippen LogP contribution < -0.4 is 4.72 Å². The van der Waals surface area contributed by atoms with Crippen molar-refractivity contribution < 1.29 is 17.7 Å². The molecule has 3 atom stereocenters. The quantitative estimate of drug-likeness (QED) is 0.745. The number of hydrogen-bond acceptors (Lipinski definition) is 7. The zero-order valence-corrected chi connectivity index (χ0v) is 17.9. The maximum atomic E-state index is 13.1. The number of carbonyl (C=O) groups is 1. The maximum Gasteiger partial charge on any atom is 0.272 e. The van der Waals surface area contributed by atoms with Crippen molar-refractivity contribution in [2.24, 2.45) is 13.0 Å². The number of aryl methyl sites for hydroxylation is 3. The van der Waals surface area contributed by atoms with Gasteiger partial charge in [0.15, 0.2) is 5.82 Å². The molecule has 11 heteroatoms. The van der Waals surface area contributed by atoms with Crippen LogP contribution in [-0.4, -0.2) is 64.0 Å². The first-order chi connectivity index (χ1) is 13.6. The molecule has 3 heterocycles. The van der Waals surface area contributed by atoms with Gasteiger partial charge in [-0.1, -0.05) is 5.16 Å². The zero-order valence-electron chi connectivity index (χ0n) is 17.0. The summed E-state index contributed by atoms with van der Waals surface area (Å²) < 4.78 is 34.1. The summed E-state index contributed by atoms with van der Waals surface area (Å²) in [4.78, 5) is 19.4. The van der Waals surface area contributed by atoms with Crippen LogP contribution in [0.5, 0.6) is 0 Å². The lowest BCUT2D eigenvalue weighted by Crippen LogP contribution is -2.40. The van der Waals surface area contributed by atoms with Gasteiger partial charge in [-0.05, 0) is 45.6 Å². The van der Waals surface area contributed by atoms with Crippen LogP contribution in [0.15, 0.2) is 10.6 Å². The van der Waals surface area contributed by atoms with Gasteiger partial charge in [0.05, 0.1) is 16.9 Å². The Morgan fingerprint density at radius 1 is 1.41 bits per heavy atom. The summed E-state index contributed by atoms with van der Waals surface area (Å²) in [5.74, 6) is 0.979. The molecule has 1 aliphatic heterocycles. The lowest BCUT2D eigenvalue weighted by atomic mass is 9.80. The molecule has 0 radical (unpaired) electrons. The molecular formula is C18H26N6O4S. The number of likely N-dealkylation sites (tertiary alicyclic amines) is 1. The first-order valence-electron chi connectivity index (χ1n) is 9.74. The van der Waals surface area contributed by atoms with Crippen LogP contribution in [0.2, 0.25) is 0 Å². The molecule has 1 aliphatic carbocycles. The number of rotatable bonds is 5. The number of sulfonamides is 1. The molecule has 0 bridgehead atoms. The highest BCUT2D eigenvalue weighted by molar-refractivity contribution is 7.89. The zero-order chi connectivity index (χ0) is 21.0. The molecule has 0 aromatic carbocycles. The number of hydrogen-bond donors (Lipinski definition) is 1. The minimum absolute atomic E-state index is 0.0326. The van der Waals surface area contributed by atoms with Crippen LogP contribution in [0.4, 0.5) is 0 Å². The van der Waals surface area contributed by atoms with Gasteiger partial charge in [0.2, 0.25) is 15.9 Å². The Morgan fingerprint density at radius 2 is 2.17 bits per heavy atom. The van der Waals surface area contributed by atoms with Crippen LogP contribution >= 0.6 is 0 Å². The van der Waals surface area contributed by atoms with Crippen molar-refractivity contribution in [2.45, 2.75) is 45.1 Å². The van der Waals surface area contributed by atoms with E-state index in [1.165, 1.54) is 0 Å². The lowest BCUT2D eigenvalue weighted by molar-refractivity contribution is 0.0762. The molecule has 158 valence electrons. The SMILES string of the molecule is CCS(=O)(=O)NC1CC2CN(C(=O)c3cc(C)nn3C)CC2(c2nc(C)no2)C1. The van der Waals surface area contributed by atoms with Crippen LogP contribution in [-0.2, 0) is 22.5 Å². The first-order valence-corrected chi connectivity index (χ1v) is 11.4. The highest BCUT2D eigenvalue weighted by Gasteiger charge is 2.58. The van der Waals surface area contributed by atoms with Gasteiger partial charge in [0.1, 0.15) is 5.69 Å². The standard InChI is InChI=1S/C18H26N6O4S/c1-5-29(26,27)22-14-7-13-9-24(16(25)15-6-11(2)20-23(15)4)10-18(13,8-14)17-19-12(3)21-28-17/h6,13-14,22H,5,7-10H2,1-4H3. The predicted molar refractivity (Wildman–Crippen MR) is 104 cm³/mol. The van der Waals surface area contributed by atoms with Crippen molar-refractivity contribution in [3.05, 3.63) is 29.2 Å². The van der Waals surface area contributed by atoms with Gasteiger partial charge < -0.3 is 9.42 Å². The van der Waals surface area contributed by atoms with Gasteiger partial charge in [0.25, 0.3) is 5.91 Å². The largest absolute Gasteiger partial charge is 0.339 e. The van der Waals surface area contributed by atoms with Crippen molar-refractivity contribution in [2.75, 3.05) is 18.8 Å². The van der Waals surface area contributed by atoms with E-state index in [1.54, 1.807) is 36.5 Å². The summed E-state index contributed by atoms with van der Waals surface area (Å²) in [5.41, 5.74) is 0.764. The first kappa shape index (κ1) is 20.0. The van der Waals surface area contributed by atoms with Crippen molar-refractivity contribution >= 4 is 15.9 Å². The minimum Gasteiger partial charge on any atom is -0.339 e. The van der Waals surface area contributed by atoms with E-state index in [4.69, 9.17) is 4.52 Å². The monoisotopic (exact) mass is 422 g/mol. The summed E-state index contributed by atoms with van der Waals surface area (Å²) in [6.07, 6.45) is 1.14. The van der Waals surface area contributed by atoms with E-state index in [9.17, 15) is 13.2 Å². The molecule has 29 heavy (non-hydrogen) atoms. The summed E-state index contributed by atoms with van der Waals surface area (Å²) in [5, 5.41) is 8.20. The Kier molecular flexibility index (Phi) is 4.77. The van der Waals surface area contributed by atoms with Crippen molar-refractivity contribution in [3.63, 3.8) is 0 Å². The Balaban J connectivity index is 1.63. The topological polar surface area (TPSA) is 123 Å². The summed E-state index contributed by atoms with van der Waals surface area (Å²) >= 11 is 0. The molecule has 2 aromatic rings. The predicted octanol–water partition coefficient (Wildman–Crippen LogP) is 0.532. The Bertz CT molecular complexity index is 1040. The molecule has 1 amide bonds. The van der Waals surface area contributed by atoms with Crippen molar-refractivity contribution in [1.82, 2.24) is 29.5 Å². The number of nitrogens with one attached hydrogen (secondary N) is 1. The molecule has 1 saturated carbocycles. The third kappa shape index (κ3) is 3.46. The molecule has 1 saturated heterocycles. The third-order valence-corrected chi connectivity index (χ3v) is 7.52. The Labute approximate surface area is 169 Å². The van der Waals surface area contributed by atoms with Gasteiger partial charge in [-0.25, -0.2) is 13.1 Å². The Hall–Kier alpha value is -2.27. The highest BCUT2D eigenvalue weighted by Crippen LogP contribution is 2.50. The number of aromatic nitrogens is 4. The summed E-state index contributed by atoms with van der Waals surface area (Å²) in [7, 11) is -1.57. The van der Waals surface area contributed by atoms with E-state index in [0.717, 1.165) is 5.69 Å². The van der Waals surface area contributed by atoms with Crippen molar-refractivity contribution in [3.8, 4) is 0 Å². The lowest BCUT2D eigenvalue weighted by Gasteiger charge is -2.25. The molecule has 4 rings (SSSR count). The average molecular weight is 423 g/mol. The van der Waals surface area contributed by atoms with E-state index in [0.29, 0.717) is 43.3 Å². The number of fused-ring (bicyclic) bond motifs is 1. The minimum atomic E-state index is -3.32. The number of carbonyl (C=O) groups excluding carboxylic acids is 1. The van der Waals surface area contributed by atoms with Gasteiger partial charge in [-0.15, -0.1) is 0 Å². The Morgan fingerprint density at radius 3 is 2.76 bits per heavy atom. The fourth-order valence-electron chi connectivity index (χ4n) is 4.76. The normalized spacial score (nSPS) is 26.8.